The summed E-state index contributed by atoms with van der Waals surface area (Å²) in [6, 6.07) is 12.2. The van der Waals surface area contributed by atoms with Crippen LogP contribution in [0.1, 0.15) is 36.5 Å². The lowest BCUT2D eigenvalue weighted by atomic mass is 9.83. The number of benzene rings is 2. The van der Waals surface area contributed by atoms with E-state index in [1.807, 2.05) is 0 Å². The minimum absolute atomic E-state index is 0.396. The van der Waals surface area contributed by atoms with E-state index in [4.69, 9.17) is 0 Å². The Labute approximate surface area is 96.6 Å². The van der Waals surface area contributed by atoms with Crippen molar-refractivity contribution in [2.45, 2.75) is 26.7 Å². The van der Waals surface area contributed by atoms with Crippen LogP contribution in [-0.4, -0.2) is 0 Å². The van der Waals surface area contributed by atoms with Crippen molar-refractivity contribution in [1.82, 2.24) is 0 Å². The average Bonchev–Trinajstić information content (AvgIpc) is 2.25. The van der Waals surface area contributed by atoms with E-state index in [-0.39, 0.29) is 0 Å². The fourth-order valence-electron chi connectivity index (χ4n) is 2.64. The van der Waals surface area contributed by atoms with Crippen LogP contribution < -0.4 is 0 Å². The van der Waals surface area contributed by atoms with Gasteiger partial charge in [0.15, 0.2) is 0 Å². The van der Waals surface area contributed by atoms with Gasteiger partial charge in [0.2, 0.25) is 0 Å². The van der Waals surface area contributed by atoms with Gasteiger partial charge in [-0.05, 0) is 59.0 Å². The second kappa shape index (κ2) is 3.21. The van der Waals surface area contributed by atoms with Gasteiger partial charge in [0.05, 0.1) is 0 Å². The number of hydrogen-bond acceptors (Lipinski definition) is 0. The van der Waals surface area contributed by atoms with E-state index >= 15 is 0 Å². The first-order valence-electron chi connectivity index (χ1n) is 5.73. The molecule has 0 bridgehead atoms. The summed E-state index contributed by atoms with van der Waals surface area (Å²) in [6.07, 6.45) is 3.51. The highest BCUT2D eigenvalue weighted by Crippen LogP contribution is 2.37. The molecule has 0 fully saturated rings. The van der Waals surface area contributed by atoms with Crippen LogP contribution >= 0.6 is 0 Å². The lowest BCUT2D eigenvalue weighted by molar-refractivity contribution is 0.943. The predicted molar refractivity (Wildman–Crippen MR) is 68.3 cm³/mol. The molecule has 0 amide bonds. The molecule has 0 aliphatic heterocycles. The van der Waals surface area contributed by atoms with E-state index in [1.54, 1.807) is 0 Å². The predicted octanol–water partition coefficient (Wildman–Crippen LogP) is 4.27. The lowest BCUT2D eigenvalue weighted by Crippen LogP contribution is -2.02. The third kappa shape index (κ3) is 1.23. The van der Waals surface area contributed by atoms with Crippen LogP contribution in [0.5, 0.6) is 0 Å². The topological polar surface area (TPSA) is 0 Å². The second-order valence-corrected chi connectivity index (χ2v) is 4.63. The minimum Gasteiger partial charge on any atom is -0.0613 e. The normalized spacial score (nSPS) is 18.7. The molecule has 1 unspecified atom stereocenters. The molecule has 0 heteroatoms. The Morgan fingerprint density at radius 3 is 2.81 bits per heavy atom. The van der Waals surface area contributed by atoms with Crippen LogP contribution in [-0.2, 0) is 0 Å². The molecule has 16 heavy (non-hydrogen) atoms. The first-order valence-corrected chi connectivity index (χ1v) is 5.73. The molecule has 3 rings (SSSR count). The van der Waals surface area contributed by atoms with E-state index in [9.17, 15) is 0 Å². The van der Waals surface area contributed by atoms with Crippen LogP contribution in [0.3, 0.4) is 0 Å². The van der Waals surface area contributed by atoms with Crippen LogP contribution in [0, 0.1) is 19.1 Å². The van der Waals surface area contributed by atoms with Gasteiger partial charge in [-0.3, -0.25) is 0 Å². The molecule has 0 spiro atoms. The van der Waals surface area contributed by atoms with Gasteiger partial charge in [0.25, 0.3) is 0 Å². The third-order valence-corrected chi connectivity index (χ3v) is 3.35. The van der Waals surface area contributed by atoms with Gasteiger partial charge in [-0.1, -0.05) is 31.2 Å². The maximum Gasteiger partial charge on any atom is 0.00732 e. The minimum atomic E-state index is 0.396. The average molecular weight is 206 g/mol. The Balaban J connectivity index is 2.51. The third-order valence-electron chi connectivity index (χ3n) is 3.35. The molecule has 0 aromatic heterocycles. The Morgan fingerprint density at radius 2 is 2.00 bits per heavy atom. The van der Waals surface area contributed by atoms with Crippen LogP contribution in [0.25, 0.3) is 16.3 Å². The smallest absolute Gasteiger partial charge is 0.00732 e. The Bertz CT molecular complexity index is 603. The Kier molecular flexibility index (Phi) is 1.94. The first-order chi connectivity index (χ1) is 7.66. The fourth-order valence-corrected chi connectivity index (χ4v) is 2.64. The molecule has 0 N–H and O–H groups in total. The van der Waals surface area contributed by atoms with Crippen molar-refractivity contribution in [3.63, 3.8) is 0 Å². The maximum absolute atomic E-state index is 3.51. The molecule has 2 aromatic carbocycles. The van der Waals surface area contributed by atoms with Gasteiger partial charge in [-0.25, -0.2) is 0 Å². The van der Waals surface area contributed by atoms with E-state index in [0.717, 1.165) is 0 Å². The molecule has 0 saturated carbocycles. The van der Waals surface area contributed by atoms with Gasteiger partial charge < -0.3 is 0 Å². The summed E-state index contributed by atoms with van der Waals surface area (Å²) < 4.78 is 0. The zero-order chi connectivity index (χ0) is 11.3. The highest BCUT2D eigenvalue weighted by Gasteiger charge is 2.17. The van der Waals surface area contributed by atoms with Gasteiger partial charge in [0, 0.05) is 5.92 Å². The largest absolute Gasteiger partial charge is 0.0613 e. The summed E-state index contributed by atoms with van der Waals surface area (Å²) >= 11 is 0. The fraction of sp³-hybridized carbons (Fsp3) is 0.250. The van der Waals surface area contributed by atoms with Crippen molar-refractivity contribution in [2.24, 2.45) is 0 Å². The molecular weight excluding hydrogens is 192 g/mol. The van der Waals surface area contributed by atoms with Crippen molar-refractivity contribution in [2.75, 3.05) is 0 Å². The summed E-state index contributed by atoms with van der Waals surface area (Å²) in [5.41, 5.74) is 5.06. The molecule has 78 valence electrons. The van der Waals surface area contributed by atoms with Crippen molar-refractivity contribution < 1.29 is 0 Å². The van der Waals surface area contributed by atoms with Gasteiger partial charge >= 0.3 is 0 Å². The van der Waals surface area contributed by atoms with Crippen LogP contribution in [0.4, 0.5) is 0 Å². The Morgan fingerprint density at radius 1 is 1.19 bits per heavy atom. The van der Waals surface area contributed by atoms with Gasteiger partial charge in [0.1, 0.15) is 0 Å². The number of hydrogen-bond donors (Lipinski definition) is 0. The van der Waals surface area contributed by atoms with Crippen molar-refractivity contribution in [1.29, 1.82) is 0 Å². The molecule has 2 aromatic rings. The first kappa shape index (κ1) is 9.65. The van der Waals surface area contributed by atoms with E-state index < -0.39 is 0 Å². The molecule has 1 aliphatic carbocycles. The lowest BCUT2D eigenvalue weighted by Gasteiger charge is -2.21. The number of rotatable bonds is 0. The molecule has 1 atom stereocenters. The summed E-state index contributed by atoms with van der Waals surface area (Å²) in [5.74, 6) is 0.396. The molecule has 0 heterocycles. The standard InChI is InChI=1S/C16H14/c1-10-7-13-5-4-6-14-11(2)9-12(3)15(8-10)16(13)14/h4-7,11H,1-3H3. The van der Waals surface area contributed by atoms with Crippen molar-refractivity contribution in [3.8, 4) is 0 Å². The van der Waals surface area contributed by atoms with Gasteiger partial charge in [-0.15, -0.1) is 0 Å². The summed E-state index contributed by atoms with van der Waals surface area (Å²) in [7, 11) is 0. The molecule has 2 radical (unpaired) electrons. The summed E-state index contributed by atoms with van der Waals surface area (Å²) in [5, 5.41) is 2.70. The van der Waals surface area contributed by atoms with Crippen molar-refractivity contribution >= 4 is 16.3 Å². The zero-order valence-corrected chi connectivity index (χ0v) is 9.89. The highest BCUT2D eigenvalue weighted by molar-refractivity contribution is 5.98. The summed E-state index contributed by atoms with van der Waals surface area (Å²) in [6.45, 7) is 6.45. The van der Waals surface area contributed by atoms with Crippen LogP contribution in [0.2, 0.25) is 0 Å². The number of allylic oxidation sites excluding steroid dienone is 2. The molecular formula is C16H14. The molecule has 1 aliphatic rings. The van der Waals surface area contributed by atoms with Crippen molar-refractivity contribution in [3.05, 3.63) is 53.1 Å². The quantitative estimate of drug-likeness (QED) is 0.603. The SMILES string of the molecule is CC1=[C]C(C)c2cccc3cc(C)[c]c1c23. The highest BCUT2D eigenvalue weighted by atomic mass is 14.2. The maximum atomic E-state index is 3.51. The molecule has 0 nitrogen and oxygen atoms in total. The second-order valence-electron chi connectivity index (χ2n) is 4.63. The van der Waals surface area contributed by atoms with Crippen LogP contribution in [0.15, 0.2) is 24.3 Å². The zero-order valence-electron chi connectivity index (χ0n) is 9.89. The summed E-state index contributed by atoms with van der Waals surface area (Å²) in [4.78, 5) is 0. The van der Waals surface area contributed by atoms with Gasteiger partial charge in [-0.2, -0.15) is 0 Å². The number of aryl methyl sites for hydroxylation is 1. The molecule has 0 saturated heterocycles. The Hall–Kier alpha value is -1.56. The van der Waals surface area contributed by atoms with E-state index in [0.29, 0.717) is 5.92 Å². The van der Waals surface area contributed by atoms with E-state index in [2.05, 4.69) is 57.2 Å². The van der Waals surface area contributed by atoms with E-state index in [1.165, 1.54) is 33.0 Å². The monoisotopic (exact) mass is 206 g/mol.